The first-order valence-corrected chi connectivity index (χ1v) is 7.45. The molecule has 3 rings (SSSR count). The van der Waals surface area contributed by atoms with Gasteiger partial charge in [-0.05, 0) is 53.6 Å². The average molecular weight is 338 g/mol. The Morgan fingerprint density at radius 3 is 2.47 bits per heavy atom. The number of hydrogen-bond acceptors (Lipinski definition) is 1. The molecule has 0 radical (unpaired) electrons. The van der Waals surface area contributed by atoms with Crippen LogP contribution in [0.15, 0.2) is 46.9 Å². The van der Waals surface area contributed by atoms with E-state index >= 15 is 0 Å². The molecule has 3 heteroatoms. The molecule has 2 atom stereocenters. The van der Waals surface area contributed by atoms with Crippen LogP contribution in [0.3, 0.4) is 0 Å². The molecule has 0 spiro atoms. The van der Waals surface area contributed by atoms with Gasteiger partial charge in [0.25, 0.3) is 0 Å². The number of rotatable bonds is 3. The Hall–Kier alpha value is -0.990. The number of ether oxygens (including phenoxy) is 1. The highest BCUT2D eigenvalue weighted by Gasteiger charge is 2.40. The molecule has 0 aromatic heterocycles. The van der Waals surface area contributed by atoms with Crippen LogP contribution in [-0.4, -0.2) is 7.11 Å². The summed E-state index contributed by atoms with van der Waals surface area (Å²) in [6, 6.07) is 14.5. The molecular formula is C16H14BrClO. The number of benzene rings is 2. The van der Waals surface area contributed by atoms with Gasteiger partial charge in [0, 0.05) is 9.50 Å². The van der Waals surface area contributed by atoms with Gasteiger partial charge in [-0.2, -0.15) is 0 Å². The Labute approximate surface area is 126 Å². The zero-order valence-electron chi connectivity index (χ0n) is 10.6. The minimum Gasteiger partial charge on any atom is -0.497 e. The van der Waals surface area contributed by atoms with Crippen LogP contribution in [0.2, 0.25) is 5.02 Å². The zero-order valence-corrected chi connectivity index (χ0v) is 12.9. The monoisotopic (exact) mass is 336 g/mol. The van der Waals surface area contributed by atoms with Gasteiger partial charge in [0.15, 0.2) is 0 Å². The lowest BCUT2D eigenvalue weighted by Crippen LogP contribution is -1.88. The van der Waals surface area contributed by atoms with E-state index in [1.807, 2.05) is 12.1 Å². The van der Waals surface area contributed by atoms with Gasteiger partial charge in [0.05, 0.1) is 7.11 Å². The summed E-state index contributed by atoms with van der Waals surface area (Å²) < 4.78 is 6.31. The minimum absolute atomic E-state index is 0.541. The molecule has 1 aliphatic rings. The third-order valence-corrected chi connectivity index (χ3v) is 4.55. The molecule has 1 nitrogen and oxygen atoms in total. The molecule has 1 saturated carbocycles. The molecule has 0 bridgehead atoms. The van der Waals surface area contributed by atoms with Crippen molar-refractivity contribution in [3.8, 4) is 5.75 Å². The van der Waals surface area contributed by atoms with Crippen LogP contribution in [0.4, 0.5) is 0 Å². The molecule has 1 fully saturated rings. The molecule has 0 heterocycles. The molecule has 2 aromatic carbocycles. The number of hydrogen-bond donors (Lipinski definition) is 0. The maximum absolute atomic E-state index is 6.33. The standard InChI is InChI=1S/C16H14BrClO/c1-19-12-6-7-13(16(18)8-12)15-9-14(15)10-2-4-11(17)5-3-10/h2-8,14-15H,9H2,1H3. The number of methoxy groups -OCH3 is 1. The summed E-state index contributed by atoms with van der Waals surface area (Å²) in [5, 5.41) is 0.809. The highest BCUT2D eigenvalue weighted by atomic mass is 79.9. The second-order valence-corrected chi connectivity index (χ2v) is 6.21. The summed E-state index contributed by atoms with van der Waals surface area (Å²) in [4.78, 5) is 0. The van der Waals surface area contributed by atoms with Gasteiger partial charge in [-0.15, -0.1) is 0 Å². The van der Waals surface area contributed by atoms with Crippen molar-refractivity contribution in [2.45, 2.75) is 18.3 Å². The van der Waals surface area contributed by atoms with E-state index < -0.39 is 0 Å². The largest absolute Gasteiger partial charge is 0.497 e. The second kappa shape index (κ2) is 5.18. The van der Waals surface area contributed by atoms with Crippen molar-refractivity contribution in [3.05, 3.63) is 63.1 Å². The van der Waals surface area contributed by atoms with Crippen molar-refractivity contribution in [2.24, 2.45) is 0 Å². The number of halogens is 2. The van der Waals surface area contributed by atoms with Crippen LogP contribution < -0.4 is 4.74 Å². The topological polar surface area (TPSA) is 9.23 Å². The molecule has 0 saturated heterocycles. The third-order valence-electron chi connectivity index (χ3n) is 3.70. The van der Waals surface area contributed by atoms with Gasteiger partial charge in [0.2, 0.25) is 0 Å². The van der Waals surface area contributed by atoms with Crippen LogP contribution in [0.25, 0.3) is 0 Å². The first kappa shape index (κ1) is 13.0. The first-order valence-electron chi connectivity index (χ1n) is 6.28. The molecule has 19 heavy (non-hydrogen) atoms. The average Bonchev–Trinajstić information content (AvgIpc) is 3.19. The van der Waals surface area contributed by atoms with Crippen molar-refractivity contribution in [1.29, 1.82) is 0 Å². The fraction of sp³-hybridized carbons (Fsp3) is 0.250. The first-order chi connectivity index (χ1) is 9.19. The zero-order chi connectivity index (χ0) is 13.4. The molecule has 98 valence electrons. The summed E-state index contributed by atoms with van der Waals surface area (Å²) in [6.45, 7) is 0. The Bertz CT molecular complexity index is 594. The quantitative estimate of drug-likeness (QED) is 0.730. The highest BCUT2D eigenvalue weighted by Crippen LogP contribution is 2.56. The fourth-order valence-corrected chi connectivity index (χ4v) is 3.13. The van der Waals surface area contributed by atoms with Gasteiger partial charge in [-0.3, -0.25) is 0 Å². The van der Waals surface area contributed by atoms with E-state index in [-0.39, 0.29) is 0 Å². The van der Waals surface area contributed by atoms with E-state index in [1.54, 1.807) is 7.11 Å². The molecular weight excluding hydrogens is 324 g/mol. The maximum Gasteiger partial charge on any atom is 0.120 e. The van der Waals surface area contributed by atoms with E-state index in [4.69, 9.17) is 16.3 Å². The van der Waals surface area contributed by atoms with Crippen molar-refractivity contribution >= 4 is 27.5 Å². The van der Waals surface area contributed by atoms with E-state index in [9.17, 15) is 0 Å². The summed E-state index contributed by atoms with van der Waals surface area (Å²) >= 11 is 9.80. The van der Waals surface area contributed by atoms with Gasteiger partial charge < -0.3 is 4.74 Å². The summed E-state index contributed by atoms with van der Waals surface area (Å²) in [5.41, 5.74) is 2.62. The lowest BCUT2D eigenvalue weighted by Gasteiger charge is -2.06. The van der Waals surface area contributed by atoms with E-state index in [0.29, 0.717) is 11.8 Å². The Morgan fingerprint density at radius 1 is 1.11 bits per heavy atom. The normalized spacial score (nSPS) is 21.2. The van der Waals surface area contributed by atoms with Gasteiger partial charge in [-0.1, -0.05) is 45.7 Å². The Morgan fingerprint density at radius 2 is 1.84 bits per heavy atom. The summed E-state index contributed by atoms with van der Waals surface area (Å²) in [7, 11) is 1.66. The second-order valence-electron chi connectivity index (χ2n) is 4.89. The maximum atomic E-state index is 6.33. The third kappa shape index (κ3) is 2.65. The van der Waals surface area contributed by atoms with Crippen molar-refractivity contribution in [1.82, 2.24) is 0 Å². The van der Waals surface area contributed by atoms with Crippen molar-refractivity contribution in [2.75, 3.05) is 7.11 Å². The van der Waals surface area contributed by atoms with Crippen LogP contribution in [-0.2, 0) is 0 Å². The smallest absolute Gasteiger partial charge is 0.120 e. The summed E-state index contributed by atoms with van der Waals surface area (Å²) in [5.74, 6) is 1.95. The molecule has 0 N–H and O–H groups in total. The molecule has 2 aromatic rings. The van der Waals surface area contributed by atoms with Crippen LogP contribution >= 0.6 is 27.5 Å². The molecule has 2 unspecified atom stereocenters. The lowest BCUT2D eigenvalue weighted by atomic mass is 10.0. The van der Waals surface area contributed by atoms with E-state index in [2.05, 4.69) is 46.3 Å². The lowest BCUT2D eigenvalue weighted by molar-refractivity contribution is 0.414. The van der Waals surface area contributed by atoms with Gasteiger partial charge >= 0.3 is 0 Å². The fourth-order valence-electron chi connectivity index (χ4n) is 2.55. The molecule has 1 aliphatic carbocycles. The summed E-state index contributed by atoms with van der Waals surface area (Å²) in [6.07, 6.45) is 1.17. The van der Waals surface area contributed by atoms with Gasteiger partial charge in [0.1, 0.15) is 5.75 Å². The molecule has 0 aliphatic heterocycles. The predicted octanol–water partition coefficient (Wildman–Crippen LogP) is 5.38. The van der Waals surface area contributed by atoms with Crippen molar-refractivity contribution in [3.63, 3.8) is 0 Å². The van der Waals surface area contributed by atoms with Crippen molar-refractivity contribution < 1.29 is 4.74 Å². The minimum atomic E-state index is 0.541. The van der Waals surface area contributed by atoms with Gasteiger partial charge in [-0.25, -0.2) is 0 Å². The van der Waals surface area contributed by atoms with E-state index in [0.717, 1.165) is 15.2 Å². The molecule has 0 amide bonds. The highest BCUT2D eigenvalue weighted by molar-refractivity contribution is 9.10. The van der Waals surface area contributed by atoms with Crippen LogP contribution in [0, 0.1) is 0 Å². The van der Waals surface area contributed by atoms with E-state index in [1.165, 1.54) is 17.5 Å². The SMILES string of the molecule is COc1ccc(C2CC2c2ccc(Br)cc2)c(Cl)c1. The Balaban J connectivity index is 1.81. The Kier molecular flexibility index (Phi) is 3.55. The van der Waals surface area contributed by atoms with Crippen LogP contribution in [0.1, 0.15) is 29.4 Å². The van der Waals surface area contributed by atoms with Crippen LogP contribution in [0.5, 0.6) is 5.75 Å². The predicted molar refractivity (Wildman–Crippen MR) is 82.2 cm³/mol.